The predicted octanol–water partition coefficient (Wildman–Crippen LogP) is 3.15. The number of hydrogen-bond acceptors (Lipinski definition) is 8. The maximum atomic E-state index is 13.2. The van der Waals surface area contributed by atoms with Gasteiger partial charge in [0.15, 0.2) is 5.65 Å². The molecule has 1 atom stereocenters. The third-order valence-corrected chi connectivity index (χ3v) is 11.6. The van der Waals surface area contributed by atoms with Crippen LogP contribution in [0.15, 0.2) is 53.7 Å². The zero-order valence-electron chi connectivity index (χ0n) is 21.8. The minimum atomic E-state index is -3.85. The second-order valence-electron chi connectivity index (χ2n) is 11.0. The van der Waals surface area contributed by atoms with E-state index in [1.807, 2.05) is 0 Å². The smallest absolute Gasteiger partial charge is 0.269 e. The molecule has 3 aromatic rings. The van der Waals surface area contributed by atoms with E-state index >= 15 is 0 Å². The van der Waals surface area contributed by atoms with Gasteiger partial charge in [0.2, 0.25) is 10.0 Å². The van der Waals surface area contributed by atoms with E-state index in [-0.39, 0.29) is 28.8 Å². The van der Waals surface area contributed by atoms with Crippen molar-refractivity contribution in [1.82, 2.24) is 13.3 Å². The van der Waals surface area contributed by atoms with Crippen LogP contribution >= 0.6 is 0 Å². The highest BCUT2D eigenvalue weighted by Crippen LogP contribution is 2.34. The molecule has 1 aliphatic carbocycles. The van der Waals surface area contributed by atoms with Gasteiger partial charge >= 0.3 is 0 Å². The van der Waals surface area contributed by atoms with Gasteiger partial charge in [0.1, 0.15) is 6.07 Å². The summed E-state index contributed by atoms with van der Waals surface area (Å²) >= 11 is 0. The monoisotopic (exact) mass is 571 g/mol. The van der Waals surface area contributed by atoms with Crippen LogP contribution in [-0.2, 0) is 20.0 Å². The Labute approximate surface area is 229 Å². The van der Waals surface area contributed by atoms with Crippen LogP contribution in [0.5, 0.6) is 0 Å². The number of pyridine rings is 1. The molecule has 2 aromatic heterocycles. The number of fused-ring (bicyclic) bond motifs is 1. The molecular formula is C27H33N5O5S2. The van der Waals surface area contributed by atoms with E-state index in [1.165, 1.54) is 28.8 Å². The highest BCUT2D eigenvalue weighted by molar-refractivity contribution is 7.90. The molecule has 1 saturated heterocycles. The van der Waals surface area contributed by atoms with Crippen molar-refractivity contribution in [3.8, 4) is 6.07 Å². The first-order chi connectivity index (χ1) is 18.5. The van der Waals surface area contributed by atoms with Gasteiger partial charge in [0.25, 0.3) is 10.0 Å². The first-order valence-corrected chi connectivity index (χ1v) is 16.2. The summed E-state index contributed by atoms with van der Waals surface area (Å²) in [5.74, 6) is 0.480. The molecular weight excluding hydrogens is 538 g/mol. The van der Waals surface area contributed by atoms with E-state index in [9.17, 15) is 27.2 Å². The Morgan fingerprint density at radius 3 is 2.44 bits per heavy atom. The Hall–Kier alpha value is -2.98. The number of hydrogen-bond donors (Lipinski definition) is 2. The number of aromatic nitrogens is 2. The number of benzene rings is 1. The van der Waals surface area contributed by atoms with Gasteiger partial charge < -0.3 is 10.4 Å². The maximum Gasteiger partial charge on any atom is 0.269 e. The largest absolute Gasteiger partial charge is 0.389 e. The van der Waals surface area contributed by atoms with Crippen molar-refractivity contribution in [2.24, 2.45) is 11.8 Å². The van der Waals surface area contributed by atoms with Gasteiger partial charge in [-0.25, -0.2) is 25.8 Å². The Balaban J connectivity index is 1.25. The molecule has 2 aliphatic rings. The molecule has 2 N–H and O–H groups in total. The van der Waals surface area contributed by atoms with Crippen LogP contribution in [0, 0.1) is 23.2 Å². The van der Waals surface area contributed by atoms with Crippen LogP contribution in [0.3, 0.4) is 0 Å². The maximum absolute atomic E-state index is 13.2. The second-order valence-corrected chi connectivity index (χ2v) is 14.8. The van der Waals surface area contributed by atoms with Crippen molar-refractivity contribution in [3.63, 3.8) is 0 Å². The number of nitrogens with zero attached hydrogens (tertiary/aromatic N) is 4. The first-order valence-electron chi connectivity index (χ1n) is 13.1. The van der Waals surface area contributed by atoms with Crippen molar-refractivity contribution >= 4 is 36.8 Å². The molecule has 12 heteroatoms. The average molecular weight is 572 g/mol. The highest BCUT2D eigenvalue weighted by Gasteiger charge is 2.39. The number of β-amino-alcohol motifs (C(OH)–C–C–N with tert-alkyl or cyclic N) is 1. The SMILES string of the molecule is CC1(O)CCN(S(=O)(=O)CC2CCC(CNc3c(C#N)cnc4c3ccn4S(=O)(=O)c3ccccc3)CC2)C1. The van der Waals surface area contributed by atoms with Crippen LogP contribution in [0.2, 0.25) is 0 Å². The summed E-state index contributed by atoms with van der Waals surface area (Å²) in [6.07, 6.45) is 6.58. The molecule has 0 spiro atoms. The number of nitriles is 1. The Bertz CT molecular complexity index is 1600. The standard InChI is InChI=1S/C27H33N5O5S2/c1-27(33)12-14-31(19-27)38(34,35)18-21-9-7-20(8-10-21)16-29-25-22(15-28)17-30-26-24(25)11-13-32(26)39(36,37)23-5-3-2-4-6-23/h2-6,11,13,17,20-21,33H,7-10,12,14,16,18-19H2,1H3,(H,29,30). The molecule has 1 aromatic carbocycles. The minimum Gasteiger partial charge on any atom is -0.389 e. The van der Waals surface area contributed by atoms with Crippen molar-refractivity contribution in [3.05, 3.63) is 54.4 Å². The van der Waals surface area contributed by atoms with Crippen LogP contribution in [0.4, 0.5) is 5.69 Å². The second kappa shape index (κ2) is 10.5. The number of nitrogens with one attached hydrogen (secondary N) is 1. The lowest BCUT2D eigenvalue weighted by Crippen LogP contribution is -2.37. The fourth-order valence-electron chi connectivity index (χ4n) is 5.63. The average Bonchev–Trinajstić information content (AvgIpc) is 3.52. The van der Waals surface area contributed by atoms with Gasteiger partial charge in [0.05, 0.1) is 27.5 Å². The molecule has 0 bridgehead atoms. The predicted molar refractivity (Wildman–Crippen MR) is 148 cm³/mol. The lowest BCUT2D eigenvalue weighted by Gasteiger charge is -2.30. The van der Waals surface area contributed by atoms with Crippen molar-refractivity contribution in [2.45, 2.75) is 49.5 Å². The Morgan fingerprint density at radius 1 is 1.10 bits per heavy atom. The van der Waals surface area contributed by atoms with Gasteiger partial charge in [-0.15, -0.1) is 0 Å². The molecule has 2 fully saturated rings. The Morgan fingerprint density at radius 2 is 1.79 bits per heavy atom. The molecule has 1 aliphatic heterocycles. The summed E-state index contributed by atoms with van der Waals surface area (Å²) in [6, 6.07) is 11.9. The topological polar surface area (TPSA) is 145 Å². The van der Waals surface area contributed by atoms with Gasteiger partial charge in [-0.2, -0.15) is 9.57 Å². The number of aliphatic hydroxyl groups is 1. The molecule has 10 nitrogen and oxygen atoms in total. The fraction of sp³-hybridized carbons (Fsp3) is 0.481. The summed E-state index contributed by atoms with van der Waals surface area (Å²) in [5, 5.41) is 23.8. The third-order valence-electron chi connectivity index (χ3n) is 7.89. The zero-order valence-corrected chi connectivity index (χ0v) is 23.5. The highest BCUT2D eigenvalue weighted by atomic mass is 32.2. The summed E-state index contributed by atoms with van der Waals surface area (Å²) in [6.45, 7) is 2.78. The molecule has 39 heavy (non-hydrogen) atoms. The molecule has 1 unspecified atom stereocenters. The van der Waals surface area contributed by atoms with Crippen LogP contribution < -0.4 is 5.32 Å². The van der Waals surface area contributed by atoms with E-state index in [4.69, 9.17) is 0 Å². The van der Waals surface area contributed by atoms with E-state index in [1.54, 1.807) is 31.2 Å². The summed E-state index contributed by atoms with van der Waals surface area (Å²) < 4.78 is 54.7. The van der Waals surface area contributed by atoms with Crippen LogP contribution in [-0.4, -0.2) is 66.2 Å². The zero-order chi connectivity index (χ0) is 27.8. The van der Waals surface area contributed by atoms with E-state index in [0.29, 0.717) is 42.1 Å². The number of sulfonamides is 1. The molecule has 0 amide bonds. The normalized spacial score (nSPS) is 24.5. The quantitative estimate of drug-likeness (QED) is 0.419. The van der Waals surface area contributed by atoms with Crippen molar-refractivity contribution < 1.29 is 21.9 Å². The third kappa shape index (κ3) is 5.68. The summed E-state index contributed by atoms with van der Waals surface area (Å²) in [7, 11) is -7.25. The van der Waals surface area contributed by atoms with Crippen LogP contribution in [0.25, 0.3) is 11.0 Å². The molecule has 208 valence electrons. The van der Waals surface area contributed by atoms with E-state index in [0.717, 1.165) is 29.7 Å². The molecule has 0 radical (unpaired) electrons. The van der Waals surface area contributed by atoms with E-state index < -0.39 is 25.6 Å². The van der Waals surface area contributed by atoms with Crippen LogP contribution in [0.1, 0.15) is 44.6 Å². The van der Waals surface area contributed by atoms with Gasteiger partial charge in [-0.3, -0.25) is 0 Å². The fourth-order valence-corrected chi connectivity index (χ4v) is 8.94. The Kier molecular flexibility index (Phi) is 7.45. The summed E-state index contributed by atoms with van der Waals surface area (Å²) in [4.78, 5) is 4.44. The molecule has 1 saturated carbocycles. The van der Waals surface area contributed by atoms with E-state index in [2.05, 4.69) is 16.4 Å². The minimum absolute atomic E-state index is 0.0799. The first kappa shape index (κ1) is 27.6. The molecule has 5 rings (SSSR count). The van der Waals surface area contributed by atoms with Gasteiger partial charge in [-0.1, -0.05) is 18.2 Å². The van der Waals surface area contributed by atoms with Crippen molar-refractivity contribution in [2.75, 3.05) is 30.7 Å². The lowest BCUT2D eigenvalue weighted by atomic mass is 9.83. The summed E-state index contributed by atoms with van der Waals surface area (Å²) in [5.41, 5.74) is 0.174. The number of anilines is 1. The lowest BCUT2D eigenvalue weighted by molar-refractivity contribution is 0.0762. The van der Waals surface area contributed by atoms with Crippen molar-refractivity contribution in [1.29, 1.82) is 5.26 Å². The van der Waals surface area contributed by atoms with Gasteiger partial charge in [-0.05, 0) is 69.1 Å². The van der Waals surface area contributed by atoms with Gasteiger partial charge in [0, 0.05) is 37.4 Å². The molecule has 3 heterocycles. The number of rotatable bonds is 8.